The van der Waals surface area contributed by atoms with Crippen molar-refractivity contribution in [2.24, 2.45) is 10.9 Å². The summed E-state index contributed by atoms with van der Waals surface area (Å²) < 4.78 is 1.94. The van der Waals surface area contributed by atoms with E-state index in [1.165, 1.54) is 5.56 Å². The number of guanidine groups is 1. The van der Waals surface area contributed by atoms with Crippen LogP contribution >= 0.6 is 24.0 Å². The molecule has 1 fully saturated rings. The number of aliphatic imine (C=N–C) groups is 1. The molecular weight excluding hydrogens is 529 g/mol. The molecule has 1 aliphatic heterocycles. The van der Waals surface area contributed by atoms with Gasteiger partial charge < -0.3 is 15.5 Å². The second-order valence-corrected chi connectivity index (χ2v) is 7.90. The van der Waals surface area contributed by atoms with Crippen LogP contribution in [0.2, 0.25) is 0 Å². The lowest BCUT2D eigenvalue weighted by atomic mass is 10.1. The van der Waals surface area contributed by atoms with Crippen molar-refractivity contribution < 1.29 is 4.79 Å². The Labute approximate surface area is 211 Å². The van der Waals surface area contributed by atoms with E-state index >= 15 is 0 Å². The van der Waals surface area contributed by atoms with Crippen LogP contribution in [0.3, 0.4) is 0 Å². The van der Waals surface area contributed by atoms with Gasteiger partial charge in [-0.25, -0.2) is 0 Å². The number of hydrogen-bond acceptors (Lipinski definition) is 4. The summed E-state index contributed by atoms with van der Waals surface area (Å²) in [6, 6.07) is 20.3. The molecule has 2 aromatic carbocycles. The number of nitrogens with one attached hydrogen (secondary N) is 2. The molecule has 0 spiro atoms. The Balaban J connectivity index is 0.00000306. The molecule has 33 heavy (non-hydrogen) atoms. The van der Waals surface area contributed by atoms with Crippen molar-refractivity contribution in [2.45, 2.75) is 19.4 Å². The molecule has 0 saturated carbocycles. The number of carbonyl (C=O) groups is 1. The first kappa shape index (κ1) is 24.7. The average molecular weight is 559 g/mol. The topological polar surface area (TPSA) is 87.4 Å². The molecule has 3 aromatic rings. The summed E-state index contributed by atoms with van der Waals surface area (Å²) in [4.78, 5) is 18.7. The van der Waals surface area contributed by atoms with Gasteiger partial charge in [-0.3, -0.25) is 14.4 Å². The molecule has 1 aromatic heterocycles. The van der Waals surface area contributed by atoms with Gasteiger partial charge in [-0.15, -0.1) is 34.2 Å². The molecule has 1 aliphatic rings. The highest BCUT2D eigenvalue weighted by Gasteiger charge is 2.29. The summed E-state index contributed by atoms with van der Waals surface area (Å²) in [5.74, 6) is 1.97. The van der Waals surface area contributed by atoms with Crippen molar-refractivity contribution in [3.8, 4) is 5.69 Å². The number of aromatic nitrogens is 3. The zero-order valence-corrected chi connectivity index (χ0v) is 21.1. The minimum Gasteiger partial charge on any atom is -0.356 e. The number of halogens is 1. The number of amides is 1. The second kappa shape index (κ2) is 12.3. The summed E-state index contributed by atoms with van der Waals surface area (Å²) >= 11 is 0. The minimum absolute atomic E-state index is 0. The van der Waals surface area contributed by atoms with E-state index in [2.05, 4.69) is 38.0 Å². The van der Waals surface area contributed by atoms with Crippen molar-refractivity contribution in [2.75, 3.05) is 26.7 Å². The predicted octanol–water partition coefficient (Wildman–Crippen LogP) is 2.64. The molecule has 8 nitrogen and oxygen atoms in total. The largest absolute Gasteiger partial charge is 0.356 e. The molecule has 1 saturated heterocycles. The molecule has 2 N–H and O–H groups in total. The van der Waals surface area contributed by atoms with Crippen LogP contribution in [0.5, 0.6) is 0 Å². The summed E-state index contributed by atoms with van der Waals surface area (Å²) in [5.41, 5.74) is 2.27. The molecule has 1 unspecified atom stereocenters. The van der Waals surface area contributed by atoms with E-state index in [0.717, 1.165) is 31.0 Å². The first-order valence-corrected chi connectivity index (χ1v) is 10.9. The maximum atomic E-state index is 12.4. The quantitative estimate of drug-likeness (QED) is 0.252. The minimum atomic E-state index is 0. The standard InChI is InChI=1S/C24H29N7O.HI/c1-25-24(27-16-22-29-28-18-31(22)21-10-6-3-7-11-21)26-15-20-14-23(32)30(17-20)13-12-19-8-4-2-5-9-19;/h2-11,18,20H,12-17H2,1H3,(H2,25,26,27);1H. The SMILES string of the molecule is CN=C(NCc1nncn1-c1ccccc1)NCC1CC(=O)N(CCc2ccccc2)C1.I. The van der Waals surface area contributed by atoms with Crippen molar-refractivity contribution >= 4 is 35.8 Å². The van der Waals surface area contributed by atoms with E-state index in [4.69, 9.17) is 0 Å². The molecule has 0 aliphatic carbocycles. The number of rotatable bonds is 8. The Kier molecular flexibility index (Phi) is 9.23. The van der Waals surface area contributed by atoms with Gasteiger partial charge in [0.05, 0.1) is 6.54 Å². The molecule has 2 heterocycles. The fourth-order valence-electron chi connectivity index (χ4n) is 3.92. The van der Waals surface area contributed by atoms with Gasteiger partial charge in [-0.2, -0.15) is 0 Å². The van der Waals surface area contributed by atoms with E-state index in [-0.39, 0.29) is 35.8 Å². The van der Waals surface area contributed by atoms with E-state index in [1.807, 2.05) is 58.0 Å². The Hall–Kier alpha value is -2.95. The summed E-state index contributed by atoms with van der Waals surface area (Å²) in [6.45, 7) is 2.72. The van der Waals surface area contributed by atoms with Gasteiger partial charge in [0.1, 0.15) is 6.33 Å². The molecule has 0 bridgehead atoms. The Bertz CT molecular complexity index is 1040. The Morgan fingerprint density at radius 2 is 1.82 bits per heavy atom. The molecule has 9 heteroatoms. The summed E-state index contributed by atoms with van der Waals surface area (Å²) in [6.07, 6.45) is 3.16. The lowest BCUT2D eigenvalue weighted by Crippen LogP contribution is -2.40. The van der Waals surface area contributed by atoms with Gasteiger partial charge >= 0.3 is 0 Å². The third kappa shape index (κ3) is 6.77. The smallest absolute Gasteiger partial charge is 0.223 e. The lowest BCUT2D eigenvalue weighted by molar-refractivity contribution is -0.127. The number of carbonyl (C=O) groups excluding carboxylic acids is 1. The van der Waals surface area contributed by atoms with Crippen LogP contribution in [0.4, 0.5) is 0 Å². The third-order valence-corrected chi connectivity index (χ3v) is 5.66. The van der Waals surface area contributed by atoms with Crippen molar-refractivity contribution in [1.82, 2.24) is 30.3 Å². The number of hydrogen-bond donors (Lipinski definition) is 2. The van der Waals surface area contributed by atoms with E-state index < -0.39 is 0 Å². The van der Waals surface area contributed by atoms with Gasteiger partial charge in [-0.05, 0) is 24.1 Å². The maximum absolute atomic E-state index is 12.4. The summed E-state index contributed by atoms with van der Waals surface area (Å²) in [5, 5.41) is 14.9. The first-order chi connectivity index (χ1) is 15.7. The number of likely N-dealkylation sites (tertiary alicyclic amines) is 1. The van der Waals surface area contributed by atoms with Gasteiger partial charge in [0.25, 0.3) is 0 Å². The van der Waals surface area contributed by atoms with Crippen LogP contribution in [-0.2, 0) is 17.8 Å². The van der Waals surface area contributed by atoms with E-state index in [1.54, 1.807) is 13.4 Å². The number of benzene rings is 2. The molecule has 1 atom stereocenters. The maximum Gasteiger partial charge on any atom is 0.223 e. The zero-order valence-electron chi connectivity index (χ0n) is 18.7. The van der Waals surface area contributed by atoms with Gasteiger partial charge in [0.2, 0.25) is 5.91 Å². The van der Waals surface area contributed by atoms with Crippen LogP contribution < -0.4 is 10.6 Å². The molecular formula is C24H30IN7O. The van der Waals surface area contributed by atoms with E-state index in [0.29, 0.717) is 25.5 Å². The van der Waals surface area contributed by atoms with Crippen LogP contribution in [-0.4, -0.2) is 58.2 Å². The van der Waals surface area contributed by atoms with Crippen LogP contribution in [0, 0.1) is 5.92 Å². The zero-order chi connectivity index (χ0) is 22.2. The molecule has 1 amide bonds. The molecule has 4 rings (SSSR count). The van der Waals surface area contributed by atoms with Gasteiger partial charge in [-0.1, -0.05) is 48.5 Å². The van der Waals surface area contributed by atoms with E-state index in [9.17, 15) is 4.79 Å². The predicted molar refractivity (Wildman–Crippen MR) is 140 cm³/mol. The number of para-hydroxylation sites is 1. The summed E-state index contributed by atoms with van der Waals surface area (Å²) in [7, 11) is 1.74. The van der Waals surface area contributed by atoms with Crippen LogP contribution in [0.1, 0.15) is 17.8 Å². The molecule has 174 valence electrons. The van der Waals surface area contributed by atoms with Gasteiger partial charge in [0.15, 0.2) is 11.8 Å². The van der Waals surface area contributed by atoms with Gasteiger partial charge in [0, 0.05) is 44.7 Å². The van der Waals surface area contributed by atoms with Crippen molar-refractivity contribution in [3.05, 3.63) is 78.4 Å². The Morgan fingerprint density at radius 1 is 1.09 bits per heavy atom. The number of nitrogens with zero attached hydrogens (tertiary/aromatic N) is 5. The Morgan fingerprint density at radius 3 is 2.55 bits per heavy atom. The highest BCUT2D eigenvalue weighted by molar-refractivity contribution is 14.0. The monoisotopic (exact) mass is 559 g/mol. The highest BCUT2D eigenvalue weighted by atomic mass is 127. The van der Waals surface area contributed by atoms with Crippen LogP contribution in [0.25, 0.3) is 5.69 Å². The average Bonchev–Trinajstić information content (AvgIpc) is 3.45. The highest BCUT2D eigenvalue weighted by Crippen LogP contribution is 2.17. The fourth-order valence-corrected chi connectivity index (χ4v) is 3.92. The first-order valence-electron chi connectivity index (χ1n) is 10.9. The normalized spacial score (nSPS) is 15.9. The van der Waals surface area contributed by atoms with Crippen LogP contribution in [0.15, 0.2) is 72.0 Å². The van der Waals surface area contributed by atoms with Crippen molar-refractivity contribution in [1.29, 1.82) is 0 Å². The third-order valence-electron chi connectivity index (χ3n) is 5.66. The van der Waals surface area contributed by atoms with Crippen molar-refractivity contribution in [3.63, 3.8) is 0 Å². The second-order valence-electron chi connectivity index (χ2n) is 7.90. The fraction of sp³-hybridized carbons (Fsp3) is 0.333. The lowest BCUT2D eigenvalue weighted by Gasteiger charge is -2.18. The molecule has 0 radical (unpaired) electrons.